The largest absolute Gasteiger partial charge is 0.424 e. The summed E-state index contributed by atoms with van der Waals surface area (Å²) in [7, 11) is 0. The molecule has 0 N–H and O–H groups in total. The SMILES string of the molecule is CC1=NC(c2ccncc2)=NC(C(F)(F)F)(C(F)(F)F)C1C#N. The zero-order valence-electron chi connectivity index (χ0n) is 11.4. The molecule has 23 heavy (non-hydrogen) atoms. The lowest BCUT2D eigenvalue weighted by Crippen LogP contribution is -2.63. The average molecular weight is 334 g/mol. The fourth-order valence-corrected chi connectivity index (χ4v) is 2.22. The van der Waals surface area contributed by atoms with Gasteiger partial charge in [-0.3, -0.25) is 4.98 Å². The van der Waals surface area contributed by atoms with E-state index in [1.54, 1.807) is 0 Å². The third kappa shape index (κ3) is 2.56. The highest BCUT2D eigenvalue weighted by molar-refractivity contribution is 6.09. The van der Waals surface area contributed by atoms with Crippen molar-refractivity contribution in [2.24, 2.45) is 15.9 Å². The second-order valence-electron chi connectivity index (χ2n) is 4.75. The average Bonchev–Trinajstić information content (AvgIpc) is 2.44. The minimum absolute atomic E-state index is 0.0615. The van der Waals surface area contributed by atoms with Crippen LogP contribution in [-0.2, 0) is 0 Å². The molecule has 0 radical (unpaired) electrons. The van der Waals surface area contributed by atoms with E-state index >= 15 is 0 Å². The van der Waals surface area contributed by atoms with Gasteiger partial charge in [0.2, 0.25) is 0 Å². The van der Waals surface area contributed by atoms with Crippen LogP contribution in [0.5, 0.6) is 0 Å². The third-order valence-corrected chi connectivity index (χ3v) is 3.33. The number of aromatic nitrogens is 1. The number of hydrogen-bond acceptors (Lipinski definition) is 4. The normalized spacial score (nSPS) is 21.2. The van der Waals surface area contributed by atoms with Crippen molar-refractivity contribution in [3.8, 4) is 6.07 Å². The number of aliphatic imine (C=N–C) groups is 2. The van der Waals surface area contributed by atoms with Crippen molar-refractivity contribution in [3.63, 3.8) is 0 Å². The molecule has 1 aromatic rings. The van der Waals surface area contributed by atoms with Gasteiger partial charge in [0.05, 0.1) is 6.07 Å². The fraction of sp³-hybridized carbons (Fsp3) is 0.385. The summed E-state index contributed by atoms with van der Waals surface area (Å²) < 4.78 is 80.1. The van der Waals surface area contributed by atoms with Crippen LogP contribution < -0.4 is 0 Å². The molecule has 0 amide bonds. The van der Waals surface area contributed by atoms with Gasteiger partial charge in [-0.25, -0.2) is 9.98 Å². The Balaban J connectivity index is 2.79. The second kappa shape index (κ2) is 5.33. The summed E-state index contributed by atoms with van der Waals surface area (Å²) in [4.78, 5) is 10.1. The highest BCUT2D eigenvalue weighted by Gasteiger charge is 2.76. The van der Waals surface area contributed by atoms with Gasteiger partial charge < -0.3 is 0 Å². The van der Waals surface area contributed by atoms with Crippen molar-refractivity contribution < 1.29 is 26.3 Å². The Bertz CT molecular complexity index is 682. The molecule has 0 fully saturated rings. The van der Waals surface area contributed by atoms with Crippen molar-refractivity contribution in [2.45, 2.75) is 24.8 Å². The van der Waals surface area contributed by atoms with E-state index in [0.717, 1.165) is 13.0 Å². The molecule has 122 valence electrons. The van der Waals surface area contributed by atoms with Crippen LogP contribution in [0.2, 0.25) is 0 Å². The van der Waals surface area contributed by atoms with Crippen LogP contribution in [0.1, 0.15) is 12.5 Å². The maximum absolute atomic E-state index is 13.3. The number of hydrogen-bond donors (Lipinski definition) is 0. The van der Waals surface area contributed by atoms with Gasteiger partial charge in [-0.2, -0.15) is 31.6 Å². The Morgan fingerprint density at radius 1 is 1.09 bits per heavy atom. The van der Waals surface area contributed by atoms with Crippen LogP contribution in [0.4, 0.5) is 26.3 Å². The minimum atomic E-state index is -5.82. The predicted molar refractivity (Wildman–Crippen MR) is 67.8 cm³/mol. The molecular formula is C13H8F6N4. The Labute approximate surface area is 126 Å². The standard InChI is InChI=1S/C13H8F6N4/c1-7-9(6-20)11(12(14,15)16,13(17,18)19)23-10(22-7)8-2-4-21-5-3-8/h2-5,9H,1H3. The van der Waals surface area contributed by atoms with Gasteiger partial charge in [0.25, 0.3) is 5.54 Å². The van der Waals surface area contributed by atoms with E-state index in [9.17, 15) is 26.3 Å². The van der Waals surface area contributed by atoms with Gasteiger partial charge in [-0.15, -0.1) is 0 Å². The molecular weight excluding hydrogens is 326 g/mol. The highest BCUT2D eigenvalue weighted by atomic mass is 19.4. The van der Waals surface area contributed by atoms with Crippen molar-refractivity contribution in [3.05, 3.63) is 30.1 Å². The van der Waals surface area contributed by atoms with Crippen molar-refractivity contribution in [1.29, 1.82) is 5.26 Å². The lowest BCUT2D eigenvalue weighted by Gasteiger charge is -2.39. The number of halogens is 6. The van der Waals surface area contributed by atoms with E-state index < -0.39 is 35.4 Å². The molecule has 0 saturated heterocycles. The van der Waals surface area contributed by atoms with Crippen molar-refractivity contribution in [2.75, 3.05) is 0 Å². The molecule has 1 aliphatic heterocycles. The summed E-state index contributed by atoms with van der Waals surface area (Å²) in [6.45, 7) is 0.940. The molecule has 0 spiro atoms. The molecule has 0 saturated carbocycles. The van der Waals surface area contributed by atoms with Crippen LogP contribution in [0.3, 0.4) is 0 Å². The topological polar surface area (TPSA) is 61.4 Å². The zero-order chi connectivity index (χ0) is 17.5. The summed E-state index contributed by atoms with van der Waals surface area (Å²) in [5.74, 6) is -3.33. The first kappa shape index (κ1) is 16.9. The van der Waals surface area contributed by atoms with E-state index in [2.05, 4.69) is 15.0 Å². The predicted octanol–water partition coefficient (Wildman–Crippen LogP) is 3.31. The lowest BCUT2D eigenvalue weighted by atomic mass is 9.79. The lowest BCUT2D eigenvalue weighted by molar-refractivity contribution is -0.300. The Morgan fingerprint density at radius 2 is 1.61 bits per heavy atom. The van der Waals surface area contributed by atoms with Crippen molar-refractivity contribution >= 4 is 11.5 Å². The number of rotatable bonds is 1. The zero-order valence-corrected chi connectivity index (χ0v) is 11.4. The summed E-state index contributed by atoms with van der Waals surface area (Å²) >= 11 is 0. The first-order valence-electron chi connectivity index (χ1n) is 6.13. The molecule has 0 aliphatic carbocycles. The first-order valence-corrected chi connectivity index (χ1v) is 6.13. The Kier molecular flexibility index (Phi) is 3.92. The van der Waals surface area contributed by atoms with Gasteiger partial charge in [0.1, 0.15) is 5.92 Å². The van der Waals surface area contributed by atoms with Gasteiger partial charge in [-0.1, -0.05) is 0 Å². The van der Waals surface area contributed by atoms with Gasteiger partial charge in [-0.05, 0) is 19.1 Å². The molecule has 0 aromatic carbocycles. The molecule has 2 heterocycles. The summed E-state index contributed by atoms with van der Waals surface area (Å²) in [5, 5.41) is 8.87. The van der Waals surface area contributed by atoms with E-state index in [0.29, 0.717) is 0 Å². The smallest absolute Gasteiger partial charge is 0.265 e. The number of alkyl halides is 6. The molecule has 0 bridgehead atoms. The molecule has 4 nitrogen and oxygen atoms in total. The Hall–Kier alpha value is -2.44. The quantitative estimate of drug-likeness (QED) is 0.740. The van der Waals surface area contributed by atoms with Crippen LogP contribution in [0.25, 0.3) is 0 Å². The van der Waals surface area contributed by atoms with Gasteiger partial charge >= 0.3 is 12.4 Å². The van der Waals surface area contributed by atoms with Gasteiger partial charge in [0.15, 0.2) is 5.84 Å². The number of amidine groups is 1. The van der Waals surface area contributed by atoms with E-state index in [4.69, 9.17) is 5.26 Å². The highest BCUT2D eigenvalue weighted by Crippen LogP contribution is 2.52. The van der Waals surface area contributed by atoms with Gasteiger partial charge in [0, 0.05) is 23.7 Å². The summed E-state index contributed by atoms with van der Waals surface area (Å²) in [6.07, 6.45) is -9.27. The van der Waals surface area contributed by atoms with E-state index in [1.165, 1.54) is 24.5 Å². The van der Waals surface area contributed by atoms with Crippen LogP contribution in [0, 0.1) is 17.2 Å². The number of pyridine rings is 1. The molecule has 1 aliphatic rings. The monoisotopic (exact) mass is 334 g/mol. The molecule has 1 aromatic heterocycles. The third-order valence-electron chi connectivity index (χ3n) is 3.33. The maximum Gasteiger partial charge on any atom is 0.424 e. The van der Waals surface area contributed by atoms with Crippen LogP contribution in [-0.4, -0.2) is 34.4 Å². The van der Waals surface area contributed by atoms with Crippen molar-refractivity contribution in [1.82, 2.24) is 4.98 Å². The maximum atomic E-state index is 13.3. The van der Waals surface area contributed by atoms with Crippen LogP contribution in [0.15, 0.2) is 34.5 Å². The molecule has 1 atom stereocenters. The molecule has 10 heteroatoms. The molecule has 1 unspecified atom stereocenters. The van der Waals surface area contributed by atoms with E-state index in [-0.39, 0.29) is 5.56 Å². The number of nitriles is 1. The second-order valence-corrected chi connectivity index (χ2v) is 4.75. The fourth-order valence-electron chi connectivity index (χ4n) is 2.22. The molecule has 2 rings (SSSR count). The number of nitrogens with zero attached hydrogens (tertiary/aromatic N) is 4. The summed E-state index contributed by atoms with van der Waals surface area (Å²) in [6, 6.07) is 3.40. The first-order chi connectivity index (χ1) is 10.5. The Morgan fingerprint density at radius 3 is 2.04 bits per heavy atom. The van der Waals surface area contributed by atoms with E-state index in [1.807, 2.05) is 0 Å². The van der Waals surface area contributed by atoms with Crippen LogP contribution >= 0.6 is 0 Å². The summed E-state index contributed by atoms with van der Waals surface area (Å²) in [5.41, 5.74) is -5.23. The minimum Gasteiger partial charge on any atom is -0.265 e.